The first-order valence-electron chi connectivity index (χ1n) is 16.0. The van der Waals surface area contributed by atoms with E-state index in [0.717, 1.165) is 62.4 Å². The molecule has 0 spiro atoms. The van der Waals surface area contributed by atoms with Crippen molar-refractivity contribution in [3.8, 4) is 41.3 Å². The van der Waals surface area contributed by atoms with E-state index in [4.69, 9.17) is 16.1 Å². The number of phenolic OH excluding ortho intramolecular Hbond substituents is 1. The van der Waals surface area contributed by atoms with Crippen LogP contribution in [-0.4, -0.2) is 70.0 Å². The second kappa shape index (κ2) is 10.5. The van der Waals surface area contributed by atoms with Crippen molar-refractivity contribution >= 4 is 27.5 Å². The number of aromatic nitrogens is 2. The number of nitrogens with zero attached hydrogens (tertiary/aromatic N) is 5. The molecule has 0 radical (unpaired) electrons. The van der Waals surface area contributed by atoms with Crippen LogP contribution < -0.4 is 20.4 Å². The summed E-state index contributed by atoms with van der Waals surface area (Å²) < 4.78 is 8.47. The maximum Gasteiger partial charge on any atom is 0.235 e. The van der Waals surface area contributed by atoms with Gasteiger partial charge in [-0.3, -0.25) is 9.69 Å². The quantitative estimate of drug-likeness (QED) is 0.328. The van der Waals surface area contributed by atoms with Gasteiger partial charge in [-0.25, -0.2) is 0 Å². The second-order valence-corrected chi connectivity index (χ2v) is 13.2. The van der Waals surface area contributed by atoms with Crippen molar-refractivity contribution in [3.05, 3.63) is 57.7 Å². The number of hydrogen-bond acceptors (Lipinski definition) is 8. The normalized spacial score (nSPS) is 22.1. The maximum atomic E-state index is 14.3. The van der Waals surface area contributed by atoms with Gasteiger partial charge in [0.1, 0.15) is 29.6 Å². The highest BCUT2D eigenvalue weighted by atomic mass is 16.5. The highest BCUT2D eigenvalue weighted by molar-refractivity contribution is 6.03. The van der Waals surface area contributed by atoms with Crippen molar-refractivity contribution < 1.29 is 9.84 Å². The molecule has 2 N–H and O–H groups in total. The molecule has 4 aliphatic rings. The molecule has 8 rings (SSSR count). The lowest BCUT2D eigenvalue weighted by Crippen LogP contribution is -2.51. The summed E-state index contributed by atoms with van der Waals surface area (Å²) in [6, 6.07) is 13.5. The first-order chi connectivity index (χ1) is 21.9. The lowest BCUT2D eigenvalue weighted by atomic mass is 9.95. The minimum atomic E-state index is -0.236. The topological polar surface area (TPSA) is 107 Å². The van der Waals surface area contributed by atoms with Crippen molar-refractivity contribution in [1.29, 1.82) is 5.26 Å². The standard InChI is InChI=1S/C36H36N6O3/c1-3-22-7-4-8-23-15-26(43)16-27(31(22)23)29-17-30(44)32-33(41-19-24-9-10-25(20-41)38-24)28(18-37)35(39-34(32)40(29)2)45-21-36-11-5-13-42(36)14-6-12-36/h1,4,7-8,15-17,24-25,38,43H,5-6,9-14,19-21H2,2H3. The van der Waals surface area contributed by atoms with Gasteiger partial charge in [-0.15, -0.1) is 6.42 Å². The number of aryl methyl sites for hydroxylation is 1. The number of anilines is 1. The van der Waals surface area contributed by atoms with Crippen molar-refractivity contribution in [3.63, 3.8) is 0 Å². The molecule has 4 aromatic rings. The Morgan fingerprint density at radius 2 is 1.89 bits per heavy atom. The van der Waals surface area contributed by atoms with E-state index in [2.05, 4.69) is 27.1 Å². The number of aromatic hydroxyl groups is 1. The molecular formula is C36H36N6O3. The highest BCUT2D eigenvalue weighted by Crippen LogP contribution is 2.42. The molecule has 4 fully saturated rings. The van der Waals surface area contributed by atoms with Gasteiger partial charge in [-0.2, -0.15) is 10.2 Å². The second-order valence-electron chi connectivity index (χ2n) is 13.2. The Balaban J connectivity index is 1.36. The Morgan fingerprint density at radius 1 is 1.13 bits per heavy atom. The number of hydrogen-bond donors (Lipinski definition) is 2. The summed E-state index contributed by atoms with van der Waals surface area (Å²) in [7, 11) is 1.87. The summed E-state index contributed by atoms with van der Waals surface area (Å²) in [5.74, 6) is 3.11. The molecule has 2 aromatic heterocycles. The van der Waals surface area contributed by atoms with E-state index in [9.17, 15) is 15.2 Å². The van der Waals surface area contributed by atoms with Gasteiger partial charge in [-0.05, 0) is 75.2 Å². The number of benzene rings is 2. The molecule has 9 heteroatoms. The number of piperazine rings is 1. The zero-order chi connectivity index (χ0) is 30.9. The van der Waals surface area contributed by atoms with Crippen molar-refractivity contribution in [2.75, 3.05) is 37.7 Å². The van der Waals surface area contributed by atoms with E-state index in [1.165, 1.54) is 0 Å². The van der Waals surface area contributed by atoms with E-state index >= 15 is 0 Å². The smallest absolute Gasteiger partial charge is 0.235 e. The van der Waals surface area contributed by atoms with Gasteiger partial charge < -0.3 is 24.6 Å². The number of pyridine rings is 2. The van der Waals surface area contributed by atoms with Crippen molar-refractivity contribution in [1.82, 2.24) is 19.8 Å². The van der Waals surface area contributed by atoms with E-state index in [-0.39, 0.29) is 22.6 Å². The van der Waals surface area contributed by atoms with Crippen LogP contribution in [0.25, 0.3) is 33.1 Å². The monoisotopic (exact) mass is 600 g/mol. The molecule has 45 heavy (non-hydrogen) atoms. The number of phenols is 1. The molecule has 2 atom stereocenters. The fraction of sp³-hybridized carbons (Fsp3) is 0.417. The molecule has 2 unspecified atom stereocenters. The van der Waals surface area contributed by atoms with Crippen LogP contribution in [-0.2, 0) is 7.05 Å². The third-order valence-electron chi connectivity index (χ3n) is 10.6. The van der Waals surface area contributed by atoms with Gasteiger partial charge in [0.05, 0.1) is 22.3 Å². The average molecular weight is 601 g/mol. The summed E-state index contributed by atoms with van der Waals surface area (Å²) in [5.41, 5.74) is 2.99. The summed E-state index contributed by atoms with van der Waals surface area (Å²) in [6.45, 7) is 4.01. The fourth-order valence-electron chi connectivity index (χ4n) is 8.57. The maximum absolute atomic E-state index is 14.3. The fourth-order valence-corrected chi connectivity index (χ4v) is 8.57. The number of ether oxygens (including phenoxy) is 1. The molecule has 0 aliphatic carbocycles. The van der Waals surface area contributed by atoms with Crippen LogP contribution in [0, 0.1) is 23.7 Å². The molecule has 4 aliphatic heterocycles. The largest absolute Gasteiger partial charge is 0.508 e. The molecule has 2 bridgehead atoms. The van der Waals surface area contributed by atoms with Crippen LogP contribution in [0.3, 0.4) is 0 Å². The number of terminal acetylenes is 1. The number of nitriles is 1. The Bertz CT molecular complexity index is 2000. The molecule has 2 aromatic carbocycles. The van der Waals surface area contributed by atoms with Crippen LogP contribution in [0.15, 0.2) is 41.2 Å². The van der Waals surface area contributed by atoms with Gasteiger partial charge in [0.2, 0.25) is 5.88 Å². The van der Waals surface area contributed by atoms with E-state index in [1.54, 1.807) is 18.2 Å². The molecule has 0 saturated carbocycles. The molecule has 6 heterocycles. The summed E-state index contributed by atoms with van der Waals surface area (Å²) >= 11 is 0. The van der Waals surface area contributed by atoms with Crippen LogP contribution in [0.4, 0.5) is 5.69 Å². The first-order valence-corrected chi connectivity index (χ1v) is 16.0. The van der Waals surface area contributed by atoms with Crippen molar-refractivity contribution in [2.45, 2.75) is 56.1 Å². The summed E-state index contributed by atoms with van der Waals surface area (Å²) in [4.78, 5) is 24.0. The zero-order valence-electron chi connectivity index (χ0n) is 25.5. The van der Waals surface area contributed by atoms with Gasteiger partial charge in [0.25, 0.3) is 0 Å². The number of fused-ring (bicyclic) bond motifs is 5. The van der Waals surface area contributed by atoms with Gasteiger partial charge in [-0.1, -0.05) is 18.1 Å². The average Bonchev–Trinajstić information content (AvgIpc) is 3.73. The Kier molecular flexibility index (Phi) is 6.53. The molecule has 0 amide bonds. The predicted octanol–water partition coefficient (Wildman–Crippen LogP) is 4.26. The van der Waals surface area contributed by atoms with Gasteiger partial charge in [0.15, 0.2) is 5.43 Å². The summed E-state index contributed by atoms with van der Waals surface area (Å²) in [6.07, 6.45) is 12.5. The van der Waals surface area contributed by atoms with Gasteiger partial charge >= 0.3 is 0 Å². The molecule has 228 valence electrons. The number of rotatable bonds is 5. The molecule has 9 nitrogen and oxygen atoms in total. The zero-order valence-corrected chi connectivity index (χ0v) is 25.5. The van der Waals surface area contributed by atoms with Crippen LogP contribution in [0.2, 0.25) is 0 Å². The molecular weight excluding hydrogens is 564 g/mol. The third kappa shape index (κ3) is 4.37. The Morgan fingerprint density at radius 3 is 2.60 bits per heavy atom. The lowest BCUT2D eigenvalue weighted by molar-refractivity contribution is 0.111. The van der Waals surface area contributed by atoms with Crippen molar-refractivity contribution in [2.24, 2.45) is 7.05 Å². The van der Waals surface area contributed by atoms with E-state index in [0.29, 0.717) is 70.9 Å². The van der Waals surface area contributed by atoms with Crippen LogP contribution in [0.1, 0.15) is 49.7 Å². The number of nitrogens with one attached hydrogen (secondary N) is 1. The Labute approximate surface area is 262 Å². The minimum Gasteiger partial charge on any atom is -0.508 e. The van der Waals surface area contributed by atoms with E-state index in [1.807, 2.05) is 29.8 Å². The predicted molar refractivity (Wildman–Crippen MR) is 175 cm³/mol. The van der Waals surface area contributed by atoms with E-state index < -0.39 is 0 Å². The SMILES string of the molecule is C#Cc1cccc2cc(O)cc(-c3cc(=O)c4c(N5CC6CCC(C5)N6)c(C#N)c(OCC56CCCN5CCC6)nc4n3C)c12. The lowest BCUT2D eigenvalue weighted by Gasteiger charge is -2.36. The van der Waals surface area contributed by atoms with Crippen LogP contribution in [0.5, 0.6) is 11.6 Å². The Hall–Kier alpha value is -4.57. The first kappa shape index (κ1) is 27.9. The van der Waals surface area contributed by atoms with Gasteiger partial charge in [0, 0.05) is 54.8 Å². The summed E-state index contributed by atoms with van der Waals surface area (Å²) in [5, 5.41) is 27.0. The van der Waals surface area contributed by atoms with Crippen LogP contribution >= 0.6 is 0 Å². The minimum absolute atomic E-state index is 0.0302. The third-order valence-corrected chi connectivity index (χ3v) is 10.6. The molecule has 4 saturated heterocycles. The highest BCUT2D eigenvalue weighted by Gasteiger charge is 2.45.